The summed E-state index contributed by atoms with van der Waals surface area (Å²) >= 11 is 0. The normalized spacial score (nSPS) is 26.9. The van der Waals surface area contributed by atoms with Crippen LogP contribution in [0.5, 0.6) is 0 Å². The second-order valence-electron chi connectivity index (χ2n) is 14.2. The molecular weight excluding hydrogens is 500 g/mol. The minimum absolute atomic E-state index is 0.00411. The third kappa shape index (κ3) is 5.80. The van der Waals surface area contributed by atoms with Crippen LogP contribution >= 0.6 is 0 Å². The molecule has 1 aliphatic heterocycles. The van der Waals surface area contributed by atoms with Gasteiger partial charge in [-0.1, -0.05) is 33.8 Å². The lowest BCUT2D eigenvalue weighted by Gasteiger charge is -2.60. The molecule has 2 N–H and O–H groups in total. The van der Waals surface area contributed by atoms with Crippen LogP contribution in [0.15, 0.2) is 24.4 Å². The number of carbonyl (C=O) groups is 2. The summed E-state index contributed by atoms with van der Waals surface area (Å²) < 4.78 is 1.85. The summed E-state index contributed by atoms with van der Waals surface area (Å²) in [5.41, 5.74) is 2.40. The lowest BCUT2D eigenvalue weighted by molar-refractivity contribution is -0.136. The largest absolute Gasteiger partial charge is 0.350 e. The molecule has 2 aromatic heterocycles. The number of nitrogens with zero attached hydrogens (tertiary/aromatic N) is 4. The zero-order valence-electron chi connectivity index (χ0n) is 25.5. The molecule has 2 bridgehead atoms. The summed E-state index contributed by atoms with van der Waals surface area (Å²) in [5.74, 6) is 2.17. The van der Waals surface area contributed by atoms with Gasteiger partial charge >= 0.3 is 0 Å². The Morgan fingerprint density at radius 3 is 2.62 bits per heavy atom. The maximum atomic E-state index is 13.8. The van der Waals surface area contributed by atoms with Crippen molar-refractivity contribution in [3.05, 3.63) is 35.8 Å². The predicted octanol–water partition coefficient (Wildman–Crippen LogP) is 3.85. The molecule has 3 aliphatic carbocycles. The van der Waals surface area contributed by atoms with Crippen molar-refractivity contribution in [2.45, 2.75) is 72.3 Å². The third-order valence-corrected chi connectivity index (χ3v) is 10.4. The van der Waals surface area contributed by atoms with Crippen molar-refractivity contribution >= 4 is 17.5 Å². The molecular formula is C32H50N6O2. The van der Waals surface area contributed by atoms with Gasteiger partial charge in [0, 0.05) is 31.9 Å². The van der Waals surface area contributed by atoms with Crippen LogP contribution < -0.4 is 10.6 Å². The van der Waals surface area contributed by atoms with Crippen molar-refractivity contribution in [1.82, 2.24) is 29.8 Å². The second kappa shape index (κ2) is 11.4. The van der Waals surface area contributed by atoms with E-state index >= 15 is 0 Å². The van der Waals surface area contributed by atoms with Gasteiger partial charge in [0.25, 0.3) is 5.91 Å². The summed E-state index contributed by atoms with van der Waals surface area (Å²) in [6.45, 7) is 13.5. The fraction of sp³-hybridized carbons (Fsp3) is 0.719. The number of pyridine rings is 1. The zero-order valence-corrected chi connectivity index (χ0v) is 25.5. The van der Waals surface area contributed by atoms with Gasteiger partial charge in [0.1, 0.15) is 11.3 Å². The van der Waals surface area contributed by atoms with Crippen LogP contribution in [0.3, 0.4) is 0 Å². The fourth-order valence-corrected chi connectivity index (χ4v) is 7.86. The van der Waals surface area contributed by atoms with Crippen LogP contribution in [0.25, 0.3) is 5.65 Å². The van der Waals surface area contributed by atoms with Crippen LogP contribution in [0.1, 0.15) is 76.0 Å². The predicted molar refractivity (Wildman–Crippen MR) is 159 cm³/mol. The van der Waals surface area contributed by atoms with E-state index in [4.69, 9.17) is 4.98 Å². The van der Waals surface area contributed by atoms with Crippen molar-refractivity contribution < 1.29 is 9.59 Å². The first-order chi connectivity index (χ1) is 19.0. The molecule has 3 saturated carbocycles. The number of hydrogen-bond acceptors (Lipinski definition) is 5. The number of aromatic nitrogens is 2. The van der Waals surface area contributed by atoms with E-state index in [-0.39, 0.29) is 29.7 Å². The fourth-order valence-electron chi connectivity index (χ4n) is 7.86. The highest BCUT2D eigenvalue weighted by atomic mass is 16.2. The van der Waals surface area contributed by atoms with Crippen molar-refractivity contribution in [3.8, 4) is 0 Å². The Kier molecular flexibility index (Phi) is 8.31. The standard InChI is InChI=1S/C32H50N6O2/c1-31(2)21-33-14-13-27(31)37(16-8-15-36(5)6)29(39)18-24-20-38-26(9-7-10-28(38)35-24)30(40)34-19-22-11-12-23-17-25(22)32(23,3)4/h7,9-10,20,22-23,25,27,33H,8,11-19,21H2,1-6H3,(H,34,40)/t22-,23+,25+,27?/m0/s1. The Balaban J connectivity index is 1.28. The van der Waals surface area contributed by atoms with Gasteiger partial charge in [-0.3, -0.25) is 14.0 Å². The van der Waals surface area contributed by atoms with Gasteiger partial charge in [0.05, 0.1) is 12.1 Å². The molecule has 8 nitrogen and oxygen atoms in total. The Morgan fingerprint density at radius 1 is 1.12 bits per heavy atom. The van der Waals surface area contributed by atoms with Crippen LogP contribution in [-0.4, -0.2) is 83.9 Å². The lowest BCUT2D eigenvalue weighted by atomic mass is 9.45. The monoisotopic (exact) mass is 550 g/mol. The number of amides is 2. The molecule has 0 spiro atoms. The first-order valence-electron chi connectivity index (χ1n) is 15.4. The molecule has 40 heavy (non-hydrogen) atoms. The molecule has 1 saturated heterocycles. The highest BCUT2D eigenvalue weighted by Gasteiger charge is 2.54. The molecule has 4 aliphatic rings. The van der Waals surface area contributed by atoms with Gasteiger partial charge in [0.15, 0.2) is 0 Å². The first kappa shape index (κ1) is 29.1. The van der Waals surface area contributed by atoms with E-state index in [0.717, 1.165) is 51.5 Å². The summed E-state index contributed by atoms with van der Waals surface area (Å²) in [7, 11) is 4.15. The second-order valence-corrected chi connectivity index (χ2v) is 14.2. The van der Waals surface area contributed by atoms with E-state index in [1.807, 2.05) is 28.8 Å². The third-order valence-electron chi connectivity index (χ3n) is 10.4. The van der Waals surface area contributed by atoms with Crippen molar-refractivity contribution in [2.24, 2.45) is 28.6 Å². The average Bonchev–Trinajstić information content (AvgIpc) is 3.32. The average molecular weight is 551 g/mol. The molecule has 8 heteroatoms. The molecule has 1 unspecified atom stereocenters. The molecule has 0 radical (unpaired) electrons. The van der Waals surface area contributed by atoms with Gasteiger partial charge < -0.3 is 20.4 Å². The minimum Gasteiger partial charge on any atom is -0.350 e. The van der Waals surface area contributed by atoms with E-state index in [9.17, 15) is 9.59 Å². The van der Waals surface area contributed by atoms with Gasteiger partial charge in [-0.25, -0.2) is 4.98 Å². The maximum Gasteiger partial charge on any atom is 0.268 e. The van der Waals surface area contributed by atoms with Crippen molar-refractivity contribution in [2.75, 3.05) is 46.8 Å². The molecule has 220 valence electrons. The van der Waals surface area contributed by atoms with E-state index in [2.05, 4.69) is 62.2 Å². The van der Waals surface area contributed by atoms with Gasteiger partial charge in [0.2, 0.25) is 5.91 Å². The Labute approximate surface area is 240 Å². The molecule has 6 rings (SSSR count). The highest BCUT2D eigenvalue weighted by molar-refractivity contribution is 5.93. The van der Waals surface area contributed by atoms with E-state index in [1.54, 1.807) is 0 Å². The highest BCUT2D eigenvalue weighted by Crippen LogP contribution is 2.61. The Morgan fingerprint density at radius 2 is 1.93 bits per heavy atom. The first-order valence-corrected chi connectivity index (χ1v) is 15.4. The number of fused-ring (bicyclic) bond motifs is 3. The molecule has 4 fully saturated rings. The van der Waals surface area contributed by atoms with Crippen molar-refractivity contribution in [1.29, 1.82) is 0 Å². The summed E-state index contributed by atoms with van der Waals surface area (Å²) in [6.07, 6.45) is 7.81. The smallest absolute Gasteiger partial charge is 0.268 e. The molecule has 0 aromatic carbocycles. The quantitative estimate of drug-likeness (QED) is 0.470. The molecule has 3 heterocycles. The van der Waals surface area contributed by atoms with Crippen LogP contribution in [0.2, 0.25) is 0 Å². The van der Waals surface area contributed by atoms with E-state index < -0.39 is 0 Å². The number of nitrogens with one attached hydrogen (secondary N) is 2. The topological polar surface area (TPSA) is 82.0 Å². The molecule has 2 aromatic rings. The number of imidazole rings is 1. The Hall–Kier alpha value is -2.45. The van der Waals surface area contributed by atoms with Gasteiger partial charge in [-0.05, 0) is 100 Å². The van der Waals surface area contributed by atoms with E-state index in [0.29, 0.717) is 34.3 Å². The summed E-state index contributed by atoms with van der Waals surface area (Å²) in [6, 6.07) is 5.84. The van der Waals surface area contributed by atoms with Crippen LogP contribution in [0.4, 0.5) is 0 Å². The van der Waals surface area contributed by atoms with E-state index in [1.165, 1.54) is 19.3 Å². The summed E-state index contributed by atoms with van der Waals surface area (Å²) in [5, 5.41) is 6.73. The number of rotatable bonds is 10. The zero-order chi connectivity index (χ0) is 28.7. The summed E-state index contributed by atoms with van der Waals surface area (Å²) in [4.78, 5) is 36.2. The number of hydrogen-bond donors (Lipinski definition) is 2. The van der Waals surface area contributed by atoms with Crippen LogP contribution in [-0.2, 0) is 11.2 Å². The minimum atomic E-state index is -0.0677. The number of piperidine rings is 1. The lowest BCUT2D eigenvalue weighted by Crippen LogP contribution is -2.56. The SMILES string of the molecule is CN(C)CCCN(C(=O)Cc1cn2c(C(=O)NC[C@@H]3CC[C@@H]4C[C@H]3C4(C)C)cccc2n1)C1CCNCC1(C)C. The van der Waals surface area contributed by atoms with Crippen LogP contribution in [0, 0.1) is 28.6 Å². The Bertz CT molecular complexity index is 1220. The van der Waals surface area contributed by atoms with Gasteiger partial charge in [-0.2, -0.15) is 0 Å². The van der Waals surface area contributed by atoms with Crippen molar-refractivity contribution in [3.63, 3.8) is 0 Å². The van der Waals surface area contributed by atoms with Gasteiger partial charge in [-0.15, -0.1) is 0 Å². The molecule has 4 atom stereocenters. The number of carbonyl (C=O) groups excluding carboxylic acids is 2. The maximum absolute atomic E-state index is 13.8. The molecule has 2 amide bonds.